The van der Waals surface area contributed by atoms with Crippen LogP contribution in [0, 0.1) is 5.92 Å². The molecule has 20 heavy (non-hydrogen) atoms. The van der Waals surface area contributed by atoms with Crippen molar-refractivity contribution in [3.8, 4) is 0 Å². The van der Waals surface area contributed by atoms with E-state index < -0.39 is 0 Å². The van der Waals surface area contributed by atoms with Crippen LogP contribution in [0.4, 0.5) is 0 Å². The van der Waals surface area contributed by atoms with Crippen molar-refractivity contribution in [1.82, 2.24) is 10.2 Å². The van der Waals surface area contributed by atoms with Gasteiger partial charge in [-0.05, 0) is 36.5 Å². The monoisotopic (exact) mass is 294 g/mol. The minimum atomic E-state index is 0.435. The highest BCUT2D eigenvalue weighted by Crippen LogP contribution is 2.27. The summed E-state index contributed by atoms with van der Waals surface area (Å²) in [5.74, 6) is 0.684. The second kappa shape index (κ2) is 6.90. The van der Waals surface area contributed by atoms with Crippen LogP contribution in [-0.4, -0.2) is 44.3 Å². The highest BCUT2D eigenvalue weighted by molar-refractivity contribution is 6.30. The first-order valence-corrected chi connectivity index (χ1v) is 7.99. The van der Waals surface area contributed by atoms with Crippen molar-refractivity contribution in [3.05, 3.63) is 34.9 Å². The van der Waals surface area contributed by atoms with Crippen LogP contribution in [0.15, 0.2) is 24.3 Å². The molecule has 1 N–H and O–H groups in total. The van der Waals surface area contributed by atoms with Crippen molar-refractivity contribution in [2.45, 2.75) is 18.9 Å². The van der Waals surface area contributed by atoms with Crippen LogP contribution in [0.25, 0.3) is 0 Å². The number of ether oxygens (including phenoxy) is 1. The quantitative estimate of drug-likeness (QED) is 0.928. The van der Waals surface area contributed by atoms with E-state index in [0.29, 0.717) is 12.0 Å². The number of hydrogen-bond donors (Lipinski definition) is 1. The Kier molecular flexibility index (Phi) is 4.94. The number of nitrogens with one attached hydrogen (secondary N) is 1. The Morgan fingerprint density at radius 2 is 2.35 bits per heavy atom. The van der Waals surface area contributed by atoms with Crippen LogP contribution in [0.2, 0.25) is 5.02 Å². The molecule has 0 saturated carbocycles. The third-order valence-corrected chi connectivity index (χ3v) is 4.57. The minimum Gasteiger partial charge on any atom is -0.381 e. The summed E-state index contributed by atoms with van der Waals surface area (Å²) >= 11 is 6.14. The molecule has 0 bridgehead atoms. The van der Waals surface area contributed by atoms with Gasteiger partial charge in [0, 0.05) is 43.9 Å². The van der Waals surface area contributed by atoms with E-state index in [1.54, 1.807) is 0 Å². The lowest BCUT2D eigenvalue weighted by atomic mass is 9.97. The minimum absolute atomic E-state index is 0.435. The molecular formula is C16H23ClN2O. The van der Waals surface area contributed by atoms with E-state index >= 15 is 0 Å². The summed E-state index contributed by atoms with van der Waals surface area (Å²) < 4.78 is 5.62. The van der Waals surface area contributed by atoms with Gasteiger partial charge in [0.15, 0.2) is 0 Å². The predicted molar refractivity (Wildman–Crippen MR) is 82.2 cm³/mol. The van der Waals surface area contributed by atoms with Crippen LogP contribution >= 0.6 is 11.6 Å². The van der Waals surface area contributed by atoms with Crippen LogP contribution in [0.3, 0.4) is 0 Å². The fraction of sp³-hybridized carbons (Fsp3) is 0.625. The smallest absolute Gasteiger partial charge is 0.0506 e. The molecule has 1 aromatic rings. The number of benzene rings is 1. The summed E-state index contributed by atoms with van der Waals surface area (Å²) in [4.78, 5) is 2.60. The molecule has 4 heteroatoms. The standard InChI is InChI=1S/C16H23ClN2O/c17-15-5-1-4-14(9-15)16-10-18-6-7-19(16)11-13-3-2-8-20-12-13/h1,4-5,9,13,16,18H,2-3,6-8,10-12H2. The zero-order valence-electron chi connectivity index (χ0n) is 11.9. The first-order valence-electron chi connectivity index (χ1n) is 7.61. The lowest BCUT2D eigenvalue weighted by molar-refractivity contribution is 0.0265. The van der Waals surface area contributed by atoms with Crippen molar-refractivity contribution in [3.63, 3.8) is 0 Å². The Morgan fingerprint density at radius 1 is 1.40 bits per heavy atom. The van der Waals surface area contributed by atoms with E-state index in [9.17, 15) is 0 Å². The molecule has 2 aliphatic heterocycles. The molecule has 0 aliphatic carbocycles. The first-order chi connectivity index (χ1) is 9.83. The van der Waals surface area contributed by atoms with Gasteiger partial charge in [0.1, 0.15) is 0 Å². The maximum absolute atomic E-state index is 6.14. The van der Waals surface area contributed by atoms with Crippen molar-refractivity contribution < 1.29 is 4.74 Å². The summed E-state index contributed by atoms with van der Waals surface area (Å²) in [6, 6.07) is 8.72. The Bertz CT molecular complexity index is 434. The molecule has 0 radical (unpaired) electrons. The molecule has 2 aliphatic rings. The average molecular weight is 295 g/mol. The summed E-state index contributed by atoms with van der Waals surface area (Å²) in [7, 11) is 0. The summed E-state index contributed by atoms with van der Waals surface area (Å²) in [5, 5.41) is 4.33. The zero-order valence-corrected chi connectivity index (χ0v) is 12.6. The predicted octanol–water partition coefficient (Wildman–Crippen LogP) is 2.71. The van der Waals surface area contributed by atoms with Crippen molar-refractivity contribution in [2.75, 3.05) is 39.4 Å². The molecular weight excluding hydrogens is 272 g/mol. The van der Waals surface area contributed by atoms with Gasteiger partial charge >= 0.3 is 0 Å². The molecule has 2 fully saturated rings. The molecule has 1 aromatic carbocycles. The van der Waals surface area contributed by atoms with Gasteiger partial charge in [-0.25, -0.2) is 0 Å². The zero-order chi connectivity index (χ0) is 13.8. The number of piperazine rings is 1. The van der Waals surface area contributed by atoms with Crippen molar-refractivity contribution in [1.29, 1.82) is 0 Å². The van der Waals surface area contributed by atoms with Gasteiger partial charge in [-0.15, -0.1) is 0 Å². The fourth-order valence-corrected chi connectivity index (χ4v) is 3.49. The first kappa shape index (κ1) is 14.3. The van der Waals surface area contributed by atoms with E-state index in [4.69, 9.17) is 16.3 Å². The number of hydrogen-bond acceptors (Lipinski definition) is 3. The highest BCUT2D eigenvalue weighted by Gasteiger charge is 2.27. The van der Waals surface area contributed by atoms with Crippen LogP contribution in [0.5, 0.6) is 0 Å². The van der Waals surface area contributed by atoms with E-state index in [2.05, 4.69) is 22.3 Å². The molecule has 0 amide bonds. The number of halogens is 1. The largest absolute Gasteiger partial charge is 0.381 e. The summed E-state index contributed by atoms with van der Waals surface area (Å²) in [6.07, 6.45) is 2.50. The molecule has 0 aromatic heterocycles. The van der Waals surface area contributed by atoms with Gasteiger partial charge in [-0.1, -0.05) is 23.7 Å². The maximum atomic E-state index is 6.14. The Balaban J connectivity index is 1.70. The third-order valence-electron chi connectivity index (χ3n) is 4.34. The van der Waals surface area contributed by atoms with E-state index in [1.807, 2.05) is 12.1 Å². The van der Waals surface area contributed by atoms with Gasteiger partial charge in [0.2, 0.25) is 0 Å². The molecule has 2 saturated heterocycles. The van der Waals surface area contributed by atoms with E-state index in [0.717, 1.165) is 44.4 Å². The van der Waals surface area contributed by atoms with Gasteiger partial charge in [0.25, 0.3) is 0 Å². The normalized spacial score (nSPS) is 28.4. The molecule has 2 unspecified atom stereocenters. The maximum Gasteiger partial charge on any atom is 0.0506 e. The van der Waals surface area contributed by atoms with E-state index in [-0.39, 0.29) is 0 Å². The molecule has 2 atom stereocenters. The van der Waals surface area contributed by atoms with Crippen LogP contribution < -0.4 is 5.32 Å². The van der Waals surface area contributed by atoms with Crippen LogP contribution in [-0.2, 0) is 4.74 Å². The van der Waals surface area contributed by atoms with Gasteiger partial charge in [-0.3, -0.25) is 4.90 Å². The lowest BCUT2D eigenvalue weighted by Crippen LogP contribution is -2.48. The molecule has 110 valence electrons. The second-order valence-corrected chi connectivity index (χ2v) is 6.29. The Hall–Kier alpha value is -0.610. The molecule has 3 nitrogen and oxygen atoms in total. The third kappa shape index (κ3) is 3.53. The fourth-order valence-electron chi connectivity index (χ4n) is 3.29. The van der Waals surface area contributed by atoms with Crippen LogP contribution in [0.1, 0.15) is 24.4 Å². The van der Waals surface area contributed by atoms with Gasteiger partial charge in [-0.2, -0.15) is 0 Å². The van der Waals surface area contributed by atoms with Crippen molar-refractivity contribution in [2.24, 2.45) is 5.92 Å². The topological polar surface area (TPSA) is 24.5 Å². The average Bonchev–Trinajstić information content (AvgIpc) is 2.49. The Labute approximate surface area is 126 Å². The van der Waals surface area contributed by atoms with Gasteiger partial charge < -0.3 is 10.1 Å². The second-order valence-electron chi connectivity index (χ2n) is 5.85. The summed E-state index contributed by atoms with van der Waals surface area (Å²) in [5.41, 5.74) is 1.32. The highest BCUT2D eigenvalue weighted by atomic mass is 35.5. The molecule has 2 heterocycles. The molecule has 3 rings (SSSR count). The number of rotatable bonds is 3. The summed E-state index contributed by atoms with van der Waals surface area (Å²) in [6.45, 7) is 6.19. The van der Waals surface area contributed by atoms with Crippen molar-refractivity contribution >= 4 is 11.6 Å². The lowest BCUT2D eigenvalue weighted by Gasteiger charge is -2.39. The Morgan fingerprint density at radius 3 is 3.15 bits per heavy atom. The number of nitrogens with zero attached hydrogens (tertiary/aromatic N) is 1. The van der Waals surface area contributed by atoms with Gasteiger partial charge in [0.05, 0.1) is 6.61 Å². The SMILES string of the molecule is Clc1cccc(C2CNCCN2CC2CCCOC2)c1. The molecule has 0 spiro atoms. The van der Waals surface area contributed by atoms with E-state index in [1.165, 1.54) is 18.4 Å².